The van der Waals surface area contributed by atoms with Crippen molar-refractivity contribution in [3.05, 3.63) is 85.0 Å². The van der Waals surface area contributed by atoms with Gasteiger partial charge >= 0.3 is 0 Å². The van der Waals surface area contributed by atoms with Crippen LogP contribution in [-0.4, -0.2) is 50.3 Å². The molecule has 9 nitrogen and oxygen atoms in total. The lowest BCUT2D eigenvalue weighted by Gasteiger charge is -2.15. The summed E-state index contributed by atoms with van der Waals surface area (Å²) >= 11 is 1.38. The number of β-amino-alcohol motifs (C(OH)–C–C–N with tert-alkyl or cyclic N) is 1. The number of aliphatic hydroxyl groups excluding tert-OH is 1. The number of likely N-dealkylation sites (tertiary alicyclic amines) is 1. The van der Waals surface area contributed by atoms with Crippen molar-refractivity contribution in [2.45, 2.75) is 31.9 Å². The van der Waals surface area contributed by atoms with Gasteiger partial charge in [0.1, 0.15) is 17.3 Å². The average Bonchev–Trinajstić information content (AvgIpc) is 3.58. The number of nitrogens with zero attached hydrogens (tertiary/aromatic N) is 3. The summed E-state index contributed by atoms with van der Waals surface area (Å²) < 4.78 is 15.7. The summed E-state index contributed by atoms with van der Waals surface area (Å²) in [6.07, 6.45) is 8.32. The molecule has 40 heavy (non-hydrogen) atoms. The zero-order chi connectivity index (χ0) is 27.6. The Labute approximate surface area is 232 Å². The summed E-state index contributed by atoms with van der Waals surface area (Å²) in [5.74, 6) is -0.482. The highest BCUT2D eigenvalue weighted by molar-refractivity contribution is 7.12. The number of benzene rings is 1. The molecule has 0 bridgehead atoms. The maximum Gasteiger partial charge on any atom is 0.287 e. The molecular weight excluding hydrogens is 531 g/mol. The van der Waals surface area contributed by atoms with Gasteiger partial charge < -0.3 is 15.7 Å². The van der Waals surface area contributed by atoms with E-state index in [1.165, 1.54) is 29.5 Å². The number of carbonyl (C=O) groups excluding carboxylic acids is 1. The van der Waals surface area contributed by atoms with Crippen LogP contribution in [0.15, 0.2) is 53.5 Å². The maximum absolute atomic E-state index is 14.7. The number of hydrogen-bond acceptors (Lipinski definition) is 8. The fourth-order valence-corrected chi connectivity index (χ4v) is 5.89. The molecule has 4 N–H and O–H groups in total. The van der Waals surface area contributed by atoms with Gasteiger partial charge in [-0.3, -0.25) is 14.5 Å². The first kappa shape index (κ1) is 26.1. The smallest absolute Gasteiger partial charge is 0.287 e. The SMILES string of the molecule is O=C(Nc1cc(-c2cc(Nc3ccc(CN4CCC(O)C4)cn3)c(=O)[nH]n2)ccc1F)c1cc2c(s1)=CCCC=2. The lowest BCUT2D eigenvalue weighted by Crippen LogP contribution is -2.21. The van der Waals surface area contributed by atoms with Gasteiger partial charge in [0, 0.05) is 35.9 Å². The lowest BCUT2D eigenvalue weighted by molar-refractivity contribution is 0.103. The molecular formula is C29H27FN6O3S. The first-order chi connectivity index (χ1) is 19.4. The summed E-state index contributed by atoms with van der Waals surface area (Å²) in [6, 6.07) is 11.4. The first-order valence-electron chi connectivity index (χ1n) is 13.0. The number of amides is 1. The van der Waals surface area contributed by atoms with Gasteiger partial charge in [-0.15, -0.1) is 11.3 Å². The molecule has 4 aromatic rings. The largest absolute Gasteiger partial charge is 0.392 e. The highest BCUT2D eigenvalue weighted by Crippen LogP contribution is 2.25. The van der Waals surface area contributed by atoms with E-state index in [4.69, 9.17) is 0 Å². The van der Waals surface area contributed by atoms with Crippen LogP contribution in [0.4, 0.5) is 21.6 Å². The van der Waals surface area contributed by atoms with Crippen molar-refractivity contribution in [2.75, 3.05) is 23.7 Å². The monoisotopic (exact) mass is 558 g/mol. The van der Waals surface area contributed by atoms with Crippen LogP contribution in [0.25, 0.3) is 23.4 Å². The second-order valence-corrected chi connectivity index (χ2v) is 11.0. The number of hydrogen-bond donors (Lipinski definition) is 4. The zero-order valence-electron chi connectivity index (χ0n) is 21.5. The van der Waals surface area contributed by atoms with Gasteiger partial charge in [-0.1, -0.05) is 18.2 Å². The van der Waals surface area contributed by atoms with Gasteiger partial charge in [0.25, 0.3) is 11.5 Å². The van der Waals surface area contributed by atoms with Gasteiger partial charge in [0.2, 0.25) is 0 Å². The molecule has 1 saturated heterocycles. The predicted molar refractivity (Wildman–Crippen MR) is 153 cm³/mol. The van der Waals surface area contributed by atoms with Crippen molar-refractivity contribution < 1.29 is 14.3 Å². The molecule has 1 amide bonds. The number of pyridine rings is 1. The van der Waals surface area contributed by atoms with Crippen LogP contribution in [0.3, 0.4) is 0 Å². The number of nitrogens with one attached hydrogen (secondary N) is 3. The molecule has 2 aliphatic rings. The molecule has 0 radical (unpaired) electrons. The molecule has 204 valence electrons. The number of aliphatic hydroxyl groups is 1. The molecule has 1 aliphatic carbocycles. The number of fused-ring (bicyclic) bond motifs is 1. The minimum Gasteiger partial charge on any atom is -0.392 e. The van der Waals surface area contributed by atoms with E-state index < -0.39 is 11.4 Å². The van der Waals surface area contributed by atoms with E-state index in [2.05, 4.69) is 42.9 Å². The van der Waals surface area contributed by atoms with E-state index in [1.807, 2.05) is 12.1 Å². The minimum absolute atomic E-state index is 0.0205. The number of thiophene rings is 1. The number of H-pyrrole nitrogens is 1. The van der Waals surface area contributed by atoms with Gasteiger partial charge in [0.05, 0.1) is 22.4 Å². The van der Waals surface area contributed by atoms with Gasteiger partial charge in [-0.05, 0) is 66.4 Å². The van der Waals surface area contributed by atoms with Crippen LogP contribution in [0, 0.1) is 5.82 Å². The van der Waals surface area contributed by atoms with Crippen LogP contribution in [0.2, 0.25) is 0 Å². The molecule has 6 rings (SSSR count). The molecule has 1 atom stereocenters. The van der Waals surface area contributed by atoms with Gasteiger partial charge in [0.15, 0.2) is 0 Å². The molecule has 0 spiro atoms. The topological polar surface area (TPSA) is 123 Å². The second kappa shape index (κ2) is 11.1. The number of carbonyl (C=O) groups is 1. The first-order valence-corrected chi connectivity index (χ1v) is 13.9. The normalized spacial score (nSPS) is 16.6. The van der Waals surface area contributed by atoms with E-state index in [1.54, 1.807) is 18.3 Å². The third-order valence-corrected chi connectivity index (χ3v) is 8.08. The number of rotatable bonds is 7. The Morgan fingerprint density at radius 2 is 2.02 bits per heavy atom. The Morgan fingerprint density at radius 3 is 2.80 bits per heavy atom. The zero-order valence-corrected chi connectivity index (χ0v) is 22.3. The maximum atomic E-state index is 14.7. The molecule has 1 fully saturated rings. The minimum atomic E-state index is -0.577. The number of aromatic nitrogens is 3. The molecule has 11 heteroatoms. The Balaban J connectivity index is 1.18. The number of anilines is 3. The van der Waals surface area contributed by atoms with Gasteiger partial charge in [-0.25, -0.2) is 14.5 Å². The Morgan fingerprint density at radius 1 is 1.15 bits per heavy atom. The predicted octanol–water partition coefficient (Wildman–Crippen LogP) is 2.95. The van der Waals surface area contributed by atoms with Crippen LogP contribution < -0.4 is 25.9 Å². The Kier molecular flexibility index (Phi) is 7.25. The molecule has 1 aromatic carbocycles. The van der Waals surface area contributed by atoms with Crippen molar-refractivity contribution in [1.82, 2.24) is 20.1 Å². The highest BCUT2D eigenvalue weighted by Gasteiger charge is 2.20. The summed E-state index contributed by atoms with van der Waals surface area (Å²) in [5, 5.41) is 23.0. The number of aromatic amines is 1. The molecule has 1 aliphatic heterocycles. The summed E-state index contributed by atoms with van der Waals surface area (Å²) in [7, 11) is 0. The van der Waals surface area contributed by atoms with Crippen LogP contribution in [0.5, 0.6) is 0 Å². The average molecular weight is 559 g/mol. The summed E-state index contributed by atoms with van der Waals surface area (Å²) in [6.45, 7) is 2.19. The fraction of sp³-hybridized carbons (Fsp3) is 0.241. The Hall–Kier alpha value is -4.19. The van der Waals surface area contributed by atoms with Crippen molar-refractivity contribution in [3.63, 3.8) is 0 Å². The van der Waals surface area contributed by atoms with E-state index in [9.17, 15) is 19.1 Å². The van der Waals surface area contributed by atoms with Crippen molar-refractivity contribution in [2.24, 2.45) is 0 Å². The van der Waals surface area contributed by atoms with E-state index in [-0.39, 0.29) is 23.4 Å². The van der Waals surface area contributed by atoms with Gasteiger partial charge in [-0.2, -0.15) is 5.10 Å². The molecule has 1 unspecified atom stereocenters. The van der Waals surface area contributed by atoms with E-state index >= 15 is 0 Å². The highest BCUT2D eigenvalue weighted by atomic mass is 32.1. The van der Waals surface area contributed by atoms with E-state index in [0.29, 0.717) is 35.0 Å². The summed E-state index contributed by atoms with van der Waals surface area (Å²) in [4.78, 5) is 32.5. The van der Waals surface area contributed by atoms with Crippen LogP contribution >= 0.6 is 11.3 Å². The Bertz CT molecular complexity index is 1720. The van der Waals surface area contributed by atoms with Crippen molar-refractivity contribution >= 4 is 46.6 Å². The lowest BCUT2D eigenvalue weighted by atomic mass is 10.1. The fourth-order valence-electron chi connectivity index (χ4n) is 4.86. The standard InChI is InChI=1S/C29H27FN6O3S/c30-21-7-6-18(11-23(21)33-29(39)26-12-19-3-1-2-4-25(19)40-26)22-13-24(28(38)35-34-22)32-27-8-5-17(14-31-27)15-36-10-9-20(37)16-36/h3-8,11-14,20,37H,1-2,9-10,15-16H2,(H,33,39)(H,35,38)(H,31,32,34). The van der Waals surface area contributed by atoms with E-state index in [0.717, 1.165) is 41.1 Å². The third-order valence-electron chi connectivity index (χ3n) is 6.93. The van der Waals surface area contributed by atoms with Crippen molar-refractivity contribution in [1.29, 1.82) is 0 Å². The van der Waals surface area contributed by atoms with Crippen LogP contribution in [-0.2, 0) is 6.54 Å². The van der Waals surface area contributed by atoms with Crippen LogP contribution in [0.1, 0.15) is 34.5 Å². The molecule has 0 saturated carbocycles. The quantitative estimate of drug-likeness (QED) is 0.275. The third kappa shape index (κ3) is 5.71. The number of halogens is 1. The second-order valence-electron chi connectivity index (χ2n) is 9.91. The molecule has 4 heterocycles. The summed E-state index contributed by atoms with van der Waals surface area (Å²) in [5.41, 5.74) is 1.71. The van der Waals surface area contributed by atoms with Crippen molar-refractivity contribution in [3.8, 4) is 11.3 Å². The molecule has 3 aromatic heterocycles.